The van der Waals surface area contributed by atoms with Crippen molar-refractivity contribution in [3.8, 4) is 0 Å². The van der Waals surface area contributed by atoms with E-state index in [2.05, 4.69) is 22.6 Å². The summed E-state index contributed by atoms with van der Waals surface area (Å²) in [7, 11) is -2.22. The van der Waals surface area contributed by atoms with Crippen LogP contribution in [0.1, 0.15) is 41.0 Å². The standard InChI is InChI=1S/C18H30IO7P/c1-7-24-27(22,25-8-2)12-17(20)26-16(9-13(3)11-19)14(4)10-15(5)18(21)23-6/h10-11,14,16H,7-9,12H2,1-6H3/b13-11+,15-10+/t14-,16-/m1/s1. The Morgan fingerprint density at radius 3 is 2.15 bits per heavy atom. The van der Waals surface area contributed by atoms with Crippen molar-refractivity contribution >= 4 is 42.1 Å². The first-order valence-electron chi connectivity index (χ1n) is 8.72. The molecule has 0 heterocycles. The number of hydrogen-bond donors (Lipinski definition) is 0. The van der Waals surface area contributed by atoms with E-state index >= 15 is 0 Å². The molecule has 0 N–H and O–H groups in total. The van der Waals surface area contributed by atoms with Gasteiger partial charge in [-0.15, -0.1) is 0 Å². The summed E-state index contributed by atoms with van der Waals surface area (Å²) in [5.41, 5.74) is 1.44. The van der Waals surface area contributed by atoms with Crippen LogP contribution in [-0.2, 0) is 32.7 Å². The Labute approximate surface area is 175 Å². The van der Waals surface area contributed by atoms with Gasteiger partial charge >= 0.3 is 19.5 Å². The third-order valence-electron chi connectivity index (χ3n) is 3.57. The van der Waals surface area contributed by atoms with Crippen molar-refractivity contribution in [2.45, 2.75) is 47.1 Å². The van der Waals surface area contributed by atoms with Gasteiger partial charge < -0.3 is 18.5 Å². The van der Waals surface area contributed by atoms with Gasteiger partial charge in [-0.2, -0.15) is 0 Å². The molecule has 7 nitrogen and oxygen atoms in total. The first-order valence-corrected chi connectivity index (χ1v) is 11.7. The monoisotopic (exact) mass is 516 g/mol. The number of rotatable bonds is 12. The predicted octanol–water partition coefficient (Wildman–Crippen LogP) is 4.65. The zero-order chi connectivity index (χ0) is 21.0. The Balaban J connectivity index is 5.33. The van der Waals surface area contributed by atoms with Crippen molar-refractivity contribution < 1.29 is 32.7 Å². The molecule has 0 aromatic carbocycles. The molecule has 0 bridgehead atoms. The molecule has 2 atom stereocenters. The molecule has 0 aliphatic rings. The lowest BCUT2D eigenvalue weighted by Crippen LogP contribution is -2.27. The van der Waals surface area contributed by atoms with Gasteiger partial charge in [0.2, 0.25) is 0 Å². The van der Waals surface area contributed by atoms with Crippen molar-refractivity contribution in [3.63, 3.8) is 0 Å². The number of hydrogen-bond acceptors (Lipinski definition) is 7. The summed E-state index contributed by atoms with van der Waals surface area (Å²) in [6.07, 6.45) is 1.20. The lowest BCUT2D eigenvalue weighted by molar-refractivity contribution is -0.147. The van der Waals surface area contributed by atoms with Crippen LogP contribution in [-0.4, -0.2) is 44.5 Å². The van der Waals surface area contributed by atoms with Gasteiger partial charge in [-0.25, -0.2) is 4.79 Å². The fraction of sp³-hybridized carbons (Fsp3) is 0.667. The van der Waals surface area contributed by atoms with E-state index in [1.54, 1.807) is 26.8 Å². The summed E-state index contributed by atoms with van der Waals surface area (Å²) in [4.78, 5) is 24.0. The number of esters is 2. The van der Waals surface area contributed by atoms with Gasteiger partial charge in [0, 0.05) is 17.9 Å². The van der Waals surface area contributed by atoms with Crippen molar-refractivity contribution in [3.05, 3.63) is 21.3 Å². The van der Waals surface area contributed by atoms with E-state index in [0.29, 0.717) is 12.0 Å². The molecule has 0 aliphatic heterocycles. The summed E-state index contributed by atoms with van der Waals surface area (Å²) in [5.74, 6) is -1.36. The van der Waals surface area contributed by atoms with Crippen LogP contribution in [0.4, 0.5) is 0 Å². The molecule has 0 aliphatic carbocycles. The minimum Gasteiger partial charge on any atom is -0.466 e. The molecule has 0 aromatic heterocycles. The highest BCUT2D eigenvalue weighted by Crippen LogP contribution is 2.48. The SMILES string of the molecule is CCOP(=O)(CC(=O)O[C@H](C/C(C)=C/I)[C@H](C)/C=C(\C)C(=O)OC)OCC. The molecule has 0 aromatic rings. The maximum absolute atomic E-state index is 12.5. The molecule has 0 fully saturated rings. The largest absolute Gasteiger partial charge is 0.466 e. The third kappa shape index (κ3) is 10.4. The fourth-order valence-electron chi connectivity index (χ4n) is 2.31. The number of carbonyl (C=O) groups is 2. The molecule has 0 saturated heterocycles. The van der Waals surface area contributed by atoms with Crippen molar-refractivity contribution in [2.75, 3.05) is 26.5 Å². The molecule has 0 radical (unpaired) electrons. The van der Waals surface area contributed by atoms with Crippen LogP contribution in [0.5, 0.6) is 0 Å². The van der Waals surface area contributed by atoms with Gasteiger partial charge in [0.1, 0.15) is 12.3 Å². The average Bonchev–Trinajstić information content (AvgIpc) is 2.59. The van der Waals surface area contributed by atoms with Crippen LogP contribution < -0.4 is 0 Å². The molecule has 0 unspecified atom stereocenters. The van der Waals surface area contributed by atoms with Crippen molar-refractivity contribution in [1.29, 1.82) is 0 Å². The van der Waals surface area contributed by atoms with Crippen LogP contribution >= 0.6 is 30.2 Å². The second-order valence-corrected chi connectivity index (χ2v) is 8.67. The highest BCUT2D eigenvalue weighted by molar-refractivity contribution is 14.1. The Bertz CT molecular complexity index is 591. The smallest absolute Gasteiger partial charge is 0.341 e. The molecule has 0 rings (SSSR count). The molecule has 156 valence electrons. The normalized spacial score (nSPS) is 15.2. The zero-order valence-corrected chi connectivity index (χ0v) is 19.9. The lowest BCUT2D eigenvalue weighted by Gasteiger charge is -2.24. The van der Waals surface area contributed by atoms with Crippen LogP contribution in [0.25, 0.3) is 0 Å². The van der Waals surface area contributed by atoms with E-state index in [1.165, 1.54) is 7.11 Å². The maximum atomic E-state index is 12.5. The Morgan fingerprint density at radius 2 is 1.70 bits per heavy atom. The van der Waals surface area contributed by atoms with E-state index in [9.17, 15) is 14.2 Å². The molecule has 9 heteroatoms. The first-order chi connectivity index (χ1) is 12.6. The second kappa shape index (κ2) is 13.5. The summed E-state index contributed by atoms with van der Waals surface area (Å²) in [5, 5.41) is 0. The summed E-state index contributed by atoms with van der Waals surface area (Å²) < 4.78 is 35.0. The fourth-order valence-corrected chi connectivity index (χ4v) is 4.00. The van der Waals surface area contributed by atoms with E-state index in [0.717, 1.165) is 5.57 Å². The Morgan fingerprint density at radius 1 is 1.15 bits per heavy atom. The van der Waals surface area contributed by atoms with E-state index < -0.39 is 31.8 Å². The number of methoxy groups -OCH3 is 1. The number of ether oxygens (including phenoxy) is 2. The van der Waals surface area contributed by atoms with Crippen LogP contribution in [0.15, 0.2) is 21.3 Å². The van der Waals surface area contributed by atoms with Gasteiger partial charge in [0.15, 0.2) is 0 Å². The lowest BCUT2D eigenvalue weighted by atomic mass is 9.96. The quantitative estimate of drug-likeness (QED) is 0.162. The summed E-state index contributed by atoms with van der Waals surface area (Å²) in [6.45, 7) is 9.09. The van der Waals surface area contributed by atoms with Gasteiger partial charge in [-0.1, -0.05) is 41.2 Å². The summed E-state index contributed by atoms with van der Waals surface area (Å²) >= 11 is 2.11. The highest BCUT2D eigenvalue weighted by atomic mass is 127. The predicted molar refractivity (Wildman–Crippen MR) is 113 cm³/mol. The van der Waals surface area contributed by atoms with Crippen LogP contribution in [0, 0.1) is 5.92 Å². The van der Waals surface area contributed by atoms with Gasteiger partial charge in [0.25, 0.3) is 0 Å². The Kier molecular flexibility index (Phi) is 13.1. The van der Waals surface area contributed by atoms with Crippen molar-refractivity contribution in [1.82, 2.24) is 0 Å². The van der Waals surface area contributed by atoms with E-state index in [4.69, 9.17) is 18.5 Å². The van der Waals surface area contributed by atoms with Gasteiger partial charge in [-0.3, -0.25) is 9.36 Å². The number of halogens is 1. The number of carbonyl (C=O) groups excluding carboxylic acids is 2. The van der Waals surface area contributed by atoms with Gasteiger partial charge in [0.05, 0.1) is 20.3 Å². The second-order valence-electron chi connectivity index (χ2n) is 5.99. The topological polar surface area (TPSA) is 88.1 Å². The molecule has 27 heavy (non-hydrogen) atoms. The Hall–Kier alpha value is -0.700. The molecular formula is C18H30IO7P. The third-order valence-corrected chi connectivity index (χ3v) is 6.59. The van der Waals surface area contributed by atoms with Crippen LogP contribution in [0.3, 0.4) is 0 Å². The van der Waals surface area contributed by atoms with E-state index in [1.807, 2.05) is 17.9 Å². The molecular weight excluding hydrogens is 486 g/mol. The summed E-state index contributed by atoms with van der Waals surface area (Å²) in [6, 6.07) is 0. The van der Waals surface area contributed by atoms with Crippen molar-refractivity contribution in [2.24, 2.45) is 5.92 Å². The minimum atomic E-state index is -3.53. The molecule has 0 saturated carbocycles. The highest BCUT2D eigenvalue weighted by Gasteiger charge is 2.31. The first kappa shape index (κ1) is 26.3. The van der Waals surface area contributed by atoms with Gasteiger partial charge in [-0.05, 0) is 31.8 Å². The zero-order valence-electron chi connectivity index (χ0n) is 16.8. The van der Waals surface area contributed by atoms with Crippen LogP contribution in [0.2, 0.25) is 0 Å². The maximum Gasteiger partial charge on any atom is 0.341 e. The minimum absolute atomic E-state index is 0.169. The molecule has 0 amide bonds. The average molecular weight is 516 g/mol. The molecule has 0 spiro atoms. The van der Waals surface area contributed by atoms with E-state index in [-0.39, 0.29) is 19.1 Å².